The average Bonchev–Trinajstić information content (AvgIpc) is 2.81. The number of hydrogen-bond donors (Lipinski definition) is 0. The molecule has 1 aromatic heterocycles. The molecule has 2 aromatic rings. The topological polar surface area (TPSA) is 56.5 Å². The number of hydrogen-bond acceptors (Lipinski definition) is 4. The molecule has 2 heterocycles. The molecule has 23 heavy (non-hydrogen) atoms. The Morgan fingerprint density at radius 3 is 2.61 bits per heavy atom. The maximum atomic E-state index is 12.6. The Kier molecular flexibility index (Phi) is 4.03. The zero-order valence-corrected chi connectivity index (χ0v) is 13.9. The van der Waals surface area contributed by atoms with Gasteiger partial charge in [0.25, 0.3) is 0 Å². The smallest absolute Gasteiger partial charge is 0.315 e. The Bertz CT molecular complexity index is 762. The number of carbonyl (C=O) groups excluding carboxylic acids is 1. The van der Waals surface area contributed by atoms with Crippen LogP contribution in [0.4, 0.5) is 5.82 Å². The molecule has 0 bridgehead atoms. The summed E-state index contributed by atoms with van der Waals surface area (Å²) in [5, 5.41) is 4.50. The highest BCUT2D eigenvalue weighted by Gasteiger charge is 2.41. The van der Waals surface area contributed by atoms with E-state index in [4.69, 9.17) is 4.74 Å². The third-order valence-corrected chi connectivity index (χ3v) is 4.31. The summed E-state index contributed by atoms with van der Waals surface area (Å²) >= 11 is 0. The summed E-state index contributed by atoms with van der Waals surface area (Å²) in [7, 11) is 1.88. The van der Waals surface area contributed by atoms with Crippen molar-refractivity contribution in [1.82, 2.24) is 9.78 Å². The third kappa shape index (κ3) is 2.56. The fourth-order valence-corrected chi connectivity index (χ4v) is 3.36. The Hall–Kier alpha value is -2.43. The average molecular weight is 311 g/mol. The monoisotopic (exact) mass is 311 g/mol. The van der Waals surface area contributed by atoms with Crippen molar-refractivity contribution >= 4 is 17.5 Å². The Morgan fingerprint density at radius 1 is 1.26 bits per heavy atom. The molecule has 0 radical (unpaired) electrons. The zero-order chi connectivity index (χ0) is 16.6. The van der Waals surface area contributed by atoms with E-state index in [0.29, 0.717) is 6.61 Å². The second kappa shape index (κ2) is 5.99. The fourth-order valence-electron chi connectivity index (χ4n) is 3.36. The summed E-state index contributed by atoms with van der Waals surface area (Å²) in [6, 6.07) is 10.1. The molecule has 0 saturated heterocycles. The number of benzene rings is 1. The van der Waals surface area contributed by atoms with Crippen molar-refractivity contribution in [3.05, 3.63) is 47.2 Å². The number of esters is 1. The molecule has 1 aliphatic rings. The highest BCUT2D eigenvalue weighted by Crippen LogP contribution is 2.44. The number of aromatic nitrogens is 2. The predicted octanol–water partition coefficient (Wildman–Crippen LogP) is 3.15. The predicted molar refractivity (Wildman–Crippen MR) is 89.1 cm³/mol. The summed E-state index contributed by atoms with van der Waals surface area (Å²) in [4.78, 5) is 17.2. The van der Waals surface area contributed by atoms with Crippen molar-refractivity contribution < 1.29 is 9.53 Å². The summed E-state index contributed by atoms with van der Waals surface area (Å²) in [5.74, 6) is 0.0788. The molecule has 5 nitrogen and oxygen atoms in total. The van der Waals surface area contributed by atoms with Gasteiger partial charge in [-0.15, -0.1) is 0 Å². The highest BCUT2D eigenvalue weighted by molar-refractivity contribution is 6.05. The van der Waals surface area contributed by atoms with E-state index in [0.717, 1.165) is 28.4 Å². The number of aryl methyl sites for hydroxylation is 2. The molecule has 0 aliphatic carbocycles. The van der Waals surface area contributed by atoms with Crippen LogP contribution in [0.25, 0.3) is 0 Å². The van der Waals surface area contributed by atoms with E-state index in [-0.39, 0.29) is 11.9 Å². The van der Waals surface area contributed by atoms with Gasteiger partial charge in [0.1, 0.15) is 5.92 Å². The minimum Gasteiger partial charge on any atom is -0.465 e. The lowest BCUT2D eigenvalue weighted by atomic mass is 9.76. The van der Waals surface area contributed by atoms with Crippen LogP contribution in [0.2, 0.25) is 0 Å². The molecule has 0 saturated carbocycles. The van der Waals surface area contributed by atoms with Crippen molar-refractivity contribution in [2.75, 3.05) is 6.61 Å². The van der Waals surface area contributed by atoms with Gasteiger partial charge in [0.2, 0.25) is 0 Å². The summed E-state index contributed by atoms with van der Waals surface area (Å²) in [5.41, 5.74) is 3.77. The number of nitrogens with zero attached hydrogens (tertiary/aromatic N) is 3. The first kappa shape index (κ1) is 15.5. The molecule has 120 valence electrons. The van der Waals surface area contributed by atoms with Crippen molar-refractivity contribution in [1.29, 1.82) is 0 Å². The third-order valence-electron chi connectivity index (χ3n) is 4.31. The molecular weight excluding hydrogens is 290 g/mol. The number of carbonyl (C=O) groups is 1. The summed E-state index contributed by atoms with van der Waals surface area (Å²) in [6.45, 7) is 6.05. The van der Waals surface area contributed by atoms with Crippen LogP contribution in [0.15, 0.2) is 35.3 Å². The molecular formula is C18H21N3O2. The first-order valence-electron chi connectivity index (χ1n) is 7.84. The first-order valence-corrected chi connectivity index (χ1v) is 7.84. The van der Waals surface area contributed by atoms with Gasteiger partial charge in [-0.1, -0.05) is 30.3 Å². The fraction of sp³-hybridized carbons (Fsp3) is 0.389. The van der Waals surface area contributed by atoms with Gasteiger partial charge in [-0.05, 0) is 26.3 Å². The van der Waals surface area contributed by atoms with Gasteiger partial charge in [0, 0.05) is 24.2 Å². The molecule has 1 aromatic carbocycles. The molecule has 0 spiro atoms. The van der Waals surface area contributed by atoms with Crippen molar-refractivity contribution in [2.45, 2.75) is 26.7 Å². The molecule has 0 N–H and O–H groups in total. The molecule has 5 heteroatoms. The molecule has 0 fully saturated rings. The second-order valence-corrected chi connectivity index (χ2v) is 5.82. The van der Waals surface area contributed by atoms with Crippen LogP contribution in [0.3, 0.4) is 0 Å². The summed E-state index contributed by atoms with van der Waals surface area (Å²) in [6.07, 6.45) is 0. The maximum absolute atomic E-state index is 12.6. The van der Waals surface area contributed by atoms with Crippen molar-refractivity contribution in [2.24, 2.45) is 18.0 Å². The highest BCUT2D eigenvalue weighted by atomic mass is 16.5. The lowest BCUT2D eigenvalue weighted by molar-refractivity contribution is -0.146. The normalized spacial score (nSPS) is 19.9. The Morgan fingerprint density at radius 2 is 1.96 bits per heavy atom. The van der Waals surface area contributed by atoms with Crippen LogP contribution in [-0.2, 0) is 16.6 Å². The Balaban J connectivity index is 2.20. The van der Waals surface area contributed by atoms with Gasteiger partial charge in [0.05, 0.1) is 12.3 Å². The minimum atomic E-state index is -0.409. The molecule has 1 aliphatic heterocycles. The van der Waals surface area contributed by atoms with Gasteiger partial charge < -0.3 is 4.74 Å². The first-order chi connectivity index (χ1) is 11.0. The molecule has 2 atom stereocenters. The maximum Gasteiger partial charge on any atom is 0.315 e. The van der Waals surface area contributed by atoms with Crippen LogP contribution in [0, 0.1) is 12.8 Å². The zero-order valence-electron chi connectivity index (χ0n) is 13.9. The standard InChI is InChI=1S/C18H21N3O2/c1-5-23-18(22)15-11(2)19-17-14(12(3)20-21(17)4)16(15)13-9-7-6-8-10-13/h6-10,15-16H,5H2,1-4H3. The van der Waals surface area contributed by atoms with Crippen LogP contribution in [-0.4, -0.2) is 28.1 Å². The molecule has 3 rings (SSSR count). The van der Waals surface area contributed by atoms with Crippen molar-refractivity contribution in [3.63, 3.8) is 0 Å². The van der Waals surface area contributed by atoms with Gasteiger partial charge in [-0.3, -0.25) is 9.48 Å². The van der Waals surface area contributed by atoms with Crippen LogP contribution >= 0.6 is 0 Å². The number of ether oxygens (including phenoxy) is 1. The van der Waals surface area contributed by atoms with Gasteiger partial charge in [0.15, 0.2) is 5.82 Å². The van der Waals surface area contributed by atoms with E-state index in [2.05, 4.69) is 10.1 Å². The van der Waals surface area contributed by atoms with E-state index < -0.39 is 5.92 Å². The van der Waals surface area contributed by atoms with E-state index >= 15 is 0 Å². The van der Waals surface area contributed by atoms with E-state index in [1.54, 1.807) is 4.68 Å². The number of rotatable bonds is 3. The summed E-state index contributed by atoms with van der Waals surface area (Å²) < 4.78 is 7.10. The van der Waals surface area contributed by atoms with Crippen LogP contribution < -0.4 is 0 Å². The minimum absolute atomic E-state index is 0.114. The van der Waals surface area contributed by atoms with E-state index in [1.807, 2.05) is 58.2 Å². The van der Waals surface area contributed by atoms with E-state index in [9.17, 15) is 4.79 Å². The number of fused-ring (bicyclic) bond motifs is 1. The van der Waals surface area contributed by atoms with Crippen molar-refractivity contribution in [3.8, 4) is 0 Å². The SMILES string of the molecule is CCOC(=O)C1C(C)=Nc2c(c(C)nn2C)C1c1ccccc1. The van der Waals surface area contributed by atoms with Gasteiger partial charge >= 0.3 is 5.97 Å². The van der Waals surface area contributed by atoms with Gasteiger partial charge in [-0.2, -0.15) is 5.10 Å². The lowest BCUT2D eigenvalue weighted by Gasteiger charge is -2.29. The number of aliphatic imine (C=N–C) groups is 1. The molecule has 2 unspecified atom stereocenters. The molecule has 0 amide bonds. The van der Waals surface area contributed by atoms with Crippen LogP contribution in [0.1, 0.15) is 36.6 Å². The van der Waals surface area contributed by atoms with Crippen LogP contribution in [0.5, 0.6) is 0 Å². The van der Waals surface area contributed by atoms with E-state index in [1.165, 1.54) is 0 Å². The lowest BCUT2D eigenvalue weighted by Crippen LogP contribution is -2.33. The second-order valence-electron chi connectivity index (χ2n) is 5.82. The quantitative estimate of drug-likeness (QED) is 0.818. The largest absolute Gasteiger partial charge is 0.465 e. The van der Waals surface area contributed by atoms with Gasteiger partial charge in [-0.25, -0.2) is 4.99 Å². The Labute approximate surface area is 136 Å².